The normalized spacial score (nSPS) is 18.1. The number of piperidine rings is 1. The summed E-state index contributed by atoms with van der Waals surface area (Å²) >= 11 is 0. The molecular weight excluding hydrogens is 284 g/mol. The lowest BCUT2D eigenvalue weighted by atomic mass is 10.00. The zero-order chi connectivity index (χ0) is 14.4. The third-order valence-electron chi connectivity index (χ3n) is 3.95. The van der Waals surface area contributed by atoms with Crippen LogP contribution in [0.5, 0.6) is 0 Å². The van der Waals surface area contributed by atoms with Crippen LogP contribution in [0.4, 0.5) is 0 Å². The Morgan fingerprint density at radius 1 is 1.33 bits per heavy atom. The van der Waals surface area contributed by atoms with Gasteiger partial charge in [-0.1, -0.05) is 38.1 Å². The number of nitrogens with one attached hydrogen (secondary N) is 2. The molecule has 0 aliphatic carbocycles. The molecule has 1 aliphatic rings. The summed E-state index contributed by atoms with van der Waals surface area (Å²) in [5.41, 5.74) is 2.60. The topological polar surface area (TPSA) is 41.1 Å². The van der Waals surface area contributed by atoms with E-state index in [1.54, 1.807) is 0 Å². The van der Waals surface area contributed by atoms with E-state index in [4.69, 9.17) is 0 Å². The first kappa shape index (κ1) is 18.0. The van der Waals surface area contributed by atoms with Crippen LogP contribution < -0.4 is 10.6 Å². The first-order valence-electron chi connectivity index (χ1n) is 7.74. The van der Waals surface area contributed by atoms with Gasteiger partial charge >= 0.3 is 0 Å². The lowest BCUT2D eigenvalue weighted by molar-refractivity contribution is -0.121. The van der Waals surface area contributed by atoms with Gasteiger partial charge in [-0.05, 0) is 42.9 Å². The van der Waals surface area contributed by atoms with Gasteiger partial charge < -0.3 is 10.6 Å². The second-order valence-corrected chi connectivity index (χ2v) is 6.01. The summed E-state index contributed by atoms with van der Waals surface area (Å²) in [6.45, 7) is 6.38. The van der Waals surface area contributed by atoms with Crippen LogP contribution in [0.25, 0.3) is 0 Å². The maximum atomic E-state index is 11.9. The molecular formula is C17H27ClN2O. The van der Waals surface area contributed by atoms with Crippen molar-refractivity contribution in [1.29, 1.82) is 0 Å². The van der Waals surface area contributed by atoms with Crippen molar-refractivity contribution in [3.05, 3.63) is 35.4 Å². The predicted octanol–water partition coefficient (Wildman–Crippen LogP) is 3.03. The van der Waals surface area contributed by atoms with Crippen LogP contribution in [0.1, 0.15) is 50.2 Å². The predicted molar refractivity (Wildman–Crippen MR) is 90.1 cm³/mol. The van der Waals surface area contributed by atoms with Crippen LogP contribution >= 0.6 is 12.4 Å². The zero-order valence-corrected chi connectivity index (χ0v) is 13.8. The Balaban J connectivity index is 0.00000220. The third-order valence-corrected chi connectivity index (χ3v) is 3.95. The van der Waals surface area contributed by atoms with Crippen LogP contribution in [0.2, 0.25) is 0 Å². The fourth-order valence-electron chi connectivity index (χ4n) is 2.60. The van der Waals surface area contributed by atoms with Crippen LogP contribution in [-0.4, -0.2) is 25.0 Å². The van der Waals surface area contributed by atoms with Crippen molar-refractivity contribution in [3.8, 4) is 0 Å². The van der Waals surface area contributed by atoms with Crippen LogP contribution in [0.15, 0.2) is 24.3 Å². The molecule has 4 heteroatoms. The second-order valence-electron chi connectivity index (χ2n) is 6.01. The maximum Gasteiger partial charge on any atom is 0.220 e. The van der Waals surface area contributed by atoms with Gasteiger partial charge in [0.1, 0.15) is 0 Å². The van der Waals surface area contributed by atoms with Crippen molar-refractivity contribution in [2.45, 2.75) is 51.5 Å². The number of carbonyl (C=O) groups is 1. The lowest BCUT2D eigenvalue weighted by Gasteiger charge is -2.23. The SMILES string of the molecule is CC(C)c1ccc(CCC(=O)NC2CCCNC2)cc1.Cl. The van der Waals surface area contributed by atoms with E-state index in [0.717, 1.165) is 32.4 Å². The molecule has 0 spiro atoms. The van der Waals surface area contributed by atoms with E-state index >= 15 is 0 Å². The maximum absolute atomic E-state index is 11.9. The highest BCUT2D eigenvalue weighted by atomic mass is 35.5. The van der Waals surface area contributed by atoms with E-state index in [-0.39, 0.29) is 18.3 Å². The monoisotopic (exact) mass is 310 g/mol. The number of hydrogen-bond donors (Lipinski definition) is 2. The molecule has 0 aromatic heterocycles. The Kier molecular flexibility index (Phi) is 7.76. The van der Waals surface area contributed by atoms with Gasteiger partial charge in [0.2, 0.25) is 5.91 Å². The number of aryl methyl sites for hydroxylation is 1. The average molecular weight is 311 g/mol. The highest BCUT2D eigenvalue weighted by Gasteiger charge is 2.14. The molecule has 2 N–H and O–H groups in total. The van der Waals surface area contributed by atoms with E-state index in [0.29, 0.717) is 18.4 Å². The molecule has 118 valence electrons. The molecule has 21 heavy (non-hydrogen) atoms. The van der Waals surface area contributed by atoms with Gasteiger partial charge in [0.05, 0.1) is 0 Å². The standard InChI is InChI=1S/C17H26N2O.ClH/c1-13(2)15-8-5-14(6-9-15)7-10-17(20)19-16-4-3-11-18-12-16;/h5-6,8-9,13,16,18H,3-4,7,10-12H2,1-2H3,(H,19,20);1H. The van der Waals surface area contributed by atoms with E-state index in [1.165, 1.54) is 11.1 Å². The molecule has 0 saturated carbocycles. The van der Waals surface area contributed by atoms with Gasteiger partial charge in [-0.2, -0.15) is 0 Å². The molecule has 1 aromatic rings. The Morgan fingerprint density at radius 2 is 2.05 bits per heavy atom. The van der Waals surface area contributed by atoms with E-state index in [1.807, 2.05) is 0 Å². The number of benzene rings is 1. The van der Waals surface area contributed by atoms with Crippen LogP contribution in [-0.2, 0) is 11.2 Å². The Labute approximate surface area is 134 Å². The molecule has 1 heterocycles. The fourth-order valence-corrected chi connectivity index (χ4v) is 2.60. The molecule has 2 rings (SSSR count). The molecule has 1 unspecified atom stereocenters. The highest BCUT2D eigenvalue weighted by molar-refractivity contribution is 5.85. The molecule has 1 aliphatic heterocycles. The summed E-state index contributed by atoms with van der Waals surface area (Å²) < 4.78 is 0. The number of rotatable bonds is 5. The Hall–Kier alpha value is -1.06. The number of amides is 1. The van der Waals surface area contributed by atoms with Crippen molar-refractivity contribution in [2.75, 3.05) is 13.1 Å². The van der Waals surface area contributed by atoms with Gasteiger partial charge in [-0.25, -0.2) is 0 Å². The largest absolute Gasteiger partial charge is 0.352 e. The number of halogens is 1. The van der Waals surface area contributed by atoms with E-state index < -0.39 is 0 Å². The molecule has 1 fully saturated rings. The van der Waals surface area contributed by atoms with Gasteiger partial charge in [-0.15, -0.1) is 12.4 Å². The van der Waals surface area contributed by atoms with Crippen molar-refractivity contribution >= 4 is 18.3 Å². The number of carbonyl (C=O) groups excluding carboxylic acids is 1. The summed E-state index contributed by atoms with van der Waals surface area (Å²) in [6.07, 6.45) is 3.66. The van der Waals surface area contributed by atoms with Crippen molar-refractivity contribution in [1.82, 2.24) is 10.6 Å². The van der Waals surface area contributed by atoms with E-state index in [9.17, 15) is 4.79 Å². The Morgan fingerprint density at radius 3 is 2.62 bits per heavy atom. The lowest BCUT2D eigenvalue weighted by Crippen LogP contribution is -2.45. The van der Waals surface area contributed by atoms with Crippen molar-refractivity contribution < 1.29 is 4.79 Å². The molecule has 1 amide bonds. The number of hydrogen-bond acceptors (Lipinski definition) is 2. The summed E-state index contributed by atoms with van der Waals surface area (Å²) in [5, 5.41) is 6.43. The quantitative estimate of drug-likeness (QED) is 0.877. The minimum atomic E-state index is 0. The molecule has 1 atom stereocenters. The molecule has 0 radical (unpaired) electrons. The molecule has 3 nitrogen and oxygen atoms in total. The summed E-state index contributed by atoms with van der Waals surface area (Å²) in [7, 11) is 0. The second kappa shape index (κ2) is 9.06. The third kappa shape index (κ3) is 6.06. The van der Waals surface area contributed by atoms with E-state index in [2.05, 4.69) is 48.7 Å². The first-order chi connectivity index (χ1) is 9.65. The van der Waals surface area contributed by atoms with Crippen molar-refractivity contribution in [2.24, 2.45) is 0 Å². The van der Waals surface area contributed by atoms with Gasteiger partial charge in [0, 0.05) is 19.0 Å². The van der Waals surface area contributed by atoms with Crippen LogP contribution in [0, 0.1) is 0 Å². The zero-order valence-electron chi connectivity index (χ0n) is 13.0. The summed E-state index contributed by atoms with van der Waals surface area (Å²) in [6, 6.07) is 8.95. The fraction of sp³-hybridized carbons (Fsp3) is 0.588. The van der Waals surface area contributed by atoms with Gasteiger partial charge in [0.25, 0.3) is 0 Å². The highest BCUT2D eigenvalue weighted by Crippen LogP contribution is 2.15. The minimum absolute atomic E-state index is 0. The first-order valence-corrected chi connectivity index (χ1v) is 7.74. The molecule has 0 bridgehead atoms. The summed E-state index contributed by atoms with van der Waals surface area (Å²) in [4.78, 5) is 11.9. The van der Waals surface area contributed by atoms with Crippen LogP contribution in [0.3, 0.4) is 0 Å². The average Bonchev–Trinajstić information content (AvgIpc) is 2.46. The minimum Gasteiger partial charge on any atom is -0.352 e. The van der Waals surface area contributed by atoms with Crippen molar-refractivity contribution in [3.63, 3.8) is 0 Å². The molecule has 1 saturated heterocycles. The molecule has 1 aromatic carbocycles. The van der Waals surface area contributed by atoms with Gasteiger partial charge in [0.15, 0.2) is 0 Å². The Bertz CT molecular complexity index is 425. The smallest absolute Gasteiger partial charge is 0.220 e. The van der Waals surface area contributed by atoms with Gasteiger partial charge in [-0.3, -0.25) is 4.79 Å². The summed E-state index contributed by atoms with van der Waals surface area (Å²) in [5.74, 6) is 0.734.